The van der Waals surface area contributed by atoms with E-state index in [1.807, 2.05) is 13.0 Å². The predicted octanol–water partition coefficient (Wildman–Crippen LogP) is 4.29. The monoisotopic (exact) mass is 362 g/mol. The number of hydrogen-bond donors (Lipinski definition) is 0. The largest absolute Gasteiger partial charge is 0.424 e. The Morgan fingerprint density at radius 2 is 1.88 bits per heavy atom. The lowest BCUT2D eigenvalue weighted by Gasteiger charge is -2.34. The first-order chi connectivity index (χ1) is 12.8. The molecule has 4 aromatic rings. The van der Waals surface area contributed by atoms with Gasteiger partial charge in [0.25, 0.3) is 0 Å². The summed E-state index contributed by atoms with van der Waals surface area (Å²) < 4.78 is 7.01. The Labute approximate surface area is 155 Å². The maximum absolute atomic E-state index is 5.78. The second-order valence-corrected chi connectivity index (χ2v) is 7.74. The van der Waals surface area contributed by atoms with Crippen molar-refractivity contribution >= 4 is 21.6 Å². The smallest absolute Gasteiger partial charge is 0.233 e. The van der Waals surface area contributed by atoms with Crippen molar-refractivity contribution in [2.24, 2.45) is 0 Å². The third-order valence-corrected chi connectivity index (χ3v) is 5.87. The zero-order chi connectivity index (χ0) is 17.5. The van der Waals surface area contributed by atoms with Crippen LogP contribution in [-0.4, -0.2) is 20.1 Å². The van der Waals surface area contributed by atoms with E-state index < -0.39 is 0 Å². The molecular weight excluding hydrogens is 344 g/mol. The molecule has 1 aliphatic rings. The van der Waals surface area contributed by atoms with Crippen LogP contribution in [0.4, 0.5) is 0 Å². The first-order valence-electron chi connectivity index (χ1n) is 8.71. The van der Waals surface area contributed by atoms with Crippen molar-refractivity contribution < 1.29 is 4.42 Å². The molecule has 2 aromatic heterocycles. The van der Waals surface area contributed by atoms with Crippen LogP contribution in [-0.2, 0) is 19.5 Å². The predicted molar refractivity (Wildman–Crippen MR) is 101 cm³/mol. The van der Waals surface area contributed by atoms with Gasteiger partial charge in [-0.1, -0.05) is 36.4 Å². The summed E-state index contributed by atoms with van der Waals surface area (Å²) in [4.78, 5) is 7.20. The molecule has 2 aromatic carbocycles. The molecule has 0 N–H and O–H groups in total. The van der Waals surface area contributed by atoms with Gasteiger partial charge in [-0.3, -0.25) is 4.90 Å². The van der Waals surface area contributed by atoms with Crippen LogP contribution >= 0.6 is 11.3 Å². The molecule has 3 heterocycles. The van der Waals surface area contributed by atoms with Gasteiger partial charge in [0.15, 0.2) is 0 Å². The lowest BCUT2D eigenvalue weighted by Crippen LogP contribution is -2.34. The number of para-hydroxylation sites is 1. The van der Waals surface area contributed by atoms with Crippen LogP contribution in [0.25, 0.3) is 10.2 Å². The molecule has 6 heteroatoms. The summed E-state index contributed by atoms with van der Waals surface area (Å²) in [5, 5.41) is 9.46. The maximum atomic E-state index is 5.78. The van der Waals surface area contributed by atoms with E-state index in [1.54, 1.807) is 11.3 Å². The molecule has 5 nitrogen and oxygen atoms in total. The average Bonchev–Trinajstić information content (AvgIpc) is 3.26. The summed E-state index contributed by atoms with van der Waals surface area (Å²) in [6.07, 6.45) is 0.878. The van der Waals surface area contributed by atoms with Crippen LogP contribution < -0.4 is 0 Å². The van der Waals surface area contributed by atoms with Crippen LogP contribution in [0.1, 0.15) is 34.0 Å². The lowest BCUT2D eigenvalue weighted by molar-refractivity contribution is 0.137. The van der Waals surface area contributed by atoms with Gasteiger partial charge >= 0.3 is 0 Å². The Hall–Kier alpha value is -2.57. The standard InChI is InChI=1S/C20H18N4OS/c1-13-22-23-20(25-13)17-10-14-6-2-3-7-15(14)11-24(17)12-19-21-16-8-4-5-9-18(16)26-19/h2-9,17H,10-12H2,1H3. The van der Waals surface area contributed by atoms with Gasteiger partial charge in [0.1, 0.15) is 5.01 Å². The molecule has 130 valence electrons. The Balaban J connectivity index is 1.51. The van der Waals surface area contributed by atoms with Crippen LogP contribution in [0.3, 0.4) is 0 Å². The molecule has 0 saturated carbocycles. The van der Waals surface area contributed by atoms with Crippen molar-refractivity contribution in [1.29, 1.82) is 0 Å². The minimum Gasteiger partial charge on any atom is -0.424 e. The fourth-order valence-corrected chi connectivity index (χ4v) is 4.59. The van der Waals surface area contributed by atoms with Crippen molar-refractivity contribution in [3.05, 3.63) is 76.4 Å². The van der Waals surface area contributed by atoms with E-state index in [9.17, 15) is 0 Å². The van der Waals surface area contributed by atoms with Crippen LogP contribution in [0.5, 0.6) is 0 Å². The summed E-state index contributed by atoms with van der Waals surface area (Å²) in [5.41, 5.74) is 3.78. The third kappa shape index (κ3) is 2.81. The highest BCUT2D eigenvalue weighted by Gasteiger charge is 2.31. The molecule has 0 aliphatic carbocycles. The third-order valence-electron chi connectivity index (χ3n) is 4.85. The average molecular weight is 362 g/mol. The number of aryl methyl sites for hydroxylation is 1. The molecule has 26 heavy (non-hydrogen) atoms. The Morgan fingerprint density at radius 3 is 2.69 bits per heavy atom. The molecule has 0 spiro atoms. The van der Waals surface area contributed by atoms with Crippen LogP contribution in [0, 0.1) is 6.92 Å². The van der Waals surface area contributed by atoms with Gasteiger partial charge in [-0.15, -0.1) is 21.5 Å². The van der Waals surface area contributed by atoms with Crippen molar-refractivity contribution in [3.63, 3.8) is 0 Å². The highest BCUT2D eigenvalue weighted by molar-refractivity contribution is 7.18. The SMILES string of the molecule is Cc1nnc(C2Cc3ccccc3CN2Cc2nc3ccccc3s2)o1. The van der Waals surface area contributed by atoms with Gasteiger partial charge in [-0.05, 0) is 29.7 Å². The quantitative estimate of drug-likeness (QED) is 0.544. The lowest BCUT2D eigenvalue weighted by atomic mass is 9.94. The molecule has 1 aliphatic heterocycles. The van der Waals surface area contributed by atoms with Crippen molar-refractivity contribution in [2.75, 3.05) is 0 Å². The van der Waals surface area contributed by atoms with Crippen molar-refractivity contribution in [2.45, 2.75) is 32.5 Å². The molecular formula is C20H18N4OS. The number of thiazole rings is 1. The highest BCUT2D eigenvalue weighted by Crippen LogP contribution is 2.35. The minimum absolute atomic E-state index is 0.0816. The Kier molecular flexibility index (Phi) is 3.80. The van der Waals surface area contributed by atoms with Gasteiger partial charge in [0, 0.05) is 13.5 Å². The molecule has 0 bridgehead atoms. The number of nitrogens with zero attached hydrogens (tertiary/aromatic N) is 4. The highest BCUT2D eigenvalue weighted by atomic mass is 32.1. The second kappa shape index (κ2) is 6.30. The summed E-state index contributed by atoms with van der Waals surface area (Å²) >= 11 is 1.76. The molecule has 1 atom stereocenters. The number of rotatable bonds is 3. The van der Waals surface area contributed by atoms with Crippen LogP contribution in [0.15, 0.2) is 52.9 Å². The first-order valence-corrected chi connectivity index (χ1v) is 9.53. The van der Waals surface area contributed by atoms with Gasteiger partial charge < -0.3 is 4.42 Å². The summed E-state index contributed by atoms with van der Waals surface area (Å²) in [6, 6.07) is 17.0. The molecule has 0 fully saturated rings. The molecule has 0 radical (unpaired) electrons. The van der Waals surface area contributed by atoms with E-state index in [2.05, 4.69) is 57.6 Å². The second-order valence-electron chi connectivity index (χ2n) is 6.63. The summed E-state index contributed by atoms with van der Waals surface area (Å²) in [7, 11) is 0. The number of hydrogen-bond acceptors (Lipinski definition) is 6. The Morgan fingerprint density at radius 1 is 1.08 bits per heavy atom. The van der Waals surface area contributed by atoms with E-state index in [0.717, 1.165) is 30.0 Å². The molecule has 0 amide bonds. The fourth-order valence-electron chi connectivity index (χ4n) is 3.59. The zero-order valence-corrected chi connectivity index (χ0v) is 15.2. The van der Waals surface area contributed by atoms with Gasteiger partial charge in [-0.25, -0.2) is 4.98 Å². The molecule has 1 unspecified atom stereocenters. The zero-order valence-electron chi connectivity index (χ0n) is 14.4. The van der Waals surface area contributed by atoms with Gasteiger partial charge in [0.05, 0.1) is 22.8 Å². The van der Waals surface area contributed by atoms with E-state index in [0.29, 0.717) is 11.8 Å². The first kappa shape index (κ1) is 15.7. The van der Waals surface area contributed by atoms with E-state index in [-0.39, 0.29) is 6.04 Å². The summed E-state index contributed by atoms with van der Waals surface area (Å²) in [5.74, 6) is 1.30. The fraction of sp³-hybridized carbons (Fsp3) is 0.250. The summed E-state index contributed by atoms with van der Waals surface area (Å²) in [6.45, 7) is 3.48. The van der Waals surface area contributed by atoms with E-state index in [1.165, 1.54) is 15.8 Å². The van der Waals surface area contributed by atoms with Gasteiger partial charge in [-0.2, -0.15) is 0 Å². The van der Waals surface area contributed by atoms with E-state index >= 15 is 0 Å². The normalized spacial score (nSPS) is 17.5. The Bertz CT molecular complexity index is 1040. The van der Waals surface area contributed by atoms with Crippen molar-refractivity contribution in [1.82, 2.24) is 20.1 Å². The number of benzene rings is 2. The minimum atomic E-state index is 0.0816. The molecule has 5 rings (SSSR count). The maximum Gasteiger partial charge on any atom is 0.233 e. The number of fused-ring (bicyclic) bond motifs is 2. The van der Waals surface area contributed by atoms with E-state index in [4.69, 9.17) is 9.40 Å². The van der Waals surface area contributed by atoms with Gasteiger partial charge in [0.2, 0.25) is 11.8 Å². The van der Waals surface area contributed by atoms with Crippen LogP contribution in [0.2, 0.25) is 0 Å². The van der Waals surface area contributed by atoms with Crippen molar-refractivity contribution in [3.8, 4) is 0 Å². The topological polar surface area (TPSA) is 55.1 Å². The molecule has 0 saturated heterocycles. The number of aromatic nitrogens is 3.